The highest BCUT2D eigenvalue weighted by molar-refractivity contribution is 5.38. The molecular weight excluding hydrogens is 143 g/mol. The summed E-state index contributed by atoms with van der Waals surface area (Å²) >= 11 is 0. The third kappa shape index (κ3) is 2.45. The maximum absolute atomic E-state index is 12.3. The molecule has 2 nitrogen and oxygen atoms in total. The van der Waals surface area contributed by atoms with E-state index in [-0.39, 0.29) is 0 Å². The summed E-state index contributed by atoms with van der Waals surface area (Å²) in [7, 11) is 0. The van der Waals surface area contributed by atoms with Crippen molar-refractivity contribution in [2.24, 2.45) is 0 Å². The molecule has 0 unspecified atom stereocenters. The van der Waals surface area contributed by atoms with Gasteiger partial charge in [0, 0.05) is 0 Å². The molecule has 0 fully saturated rings. The van der Waals surface area contributed by atoms with Crippen LogP contribution < -0.4 is 0 Å². The maximum atomic E-state index is 12.3. The second-order valence-corrected chi connectivity index (χ2v) is 2.07. The van der Waals surface area contributed by atoms with Gasteiger partial charge >= 0.3 is 0 Å². The number of rotatable bonds is 2. The molecule has 0 atom stereocenters. The van der Waals surface area contributed by atoms with Crippen molar-refractivity contribution in [2.75, 3.05) is 0 Å². The van der Waals surface area contributed by atoms with Crippen molar-refractivity contribution in [1.82, 2.24) is 9.97 Å². The molecule has 1 aromatic heterocycles. The molecular formula is C8H9FN2. The minimum atomic E-state index is -0.404. The van der Waals surface area contributed by atoms with Gasteiger partial charge in [0.2, 0.25) is 0 Å². The first-order valence-electron chi connectivity index (χ1n) is 3.47. The Morgan fingerprint density at radius 2 is 2.09 bits per heavy atom. The molecule has 3 heteroatoms. The van der Waals surface area contributed by atoms with Gasteiger partial charge < -0.3 is 0 Å². The molecule has 58 valence electrons. The summed E-state index contributed by atoms with van der Waals surface area (Å²) in [5.41, 5.74) is 0. The lowest BCUT2D eigenvalue weighted by Crippen LogP contribution is -1.86. The standard InChI is InChI=1S/C8H9FN2/c1-2-3-4-8-10-5-7(9)6-11-8/h3-6H,2H2,1H3. The van der Waals surface area contributed by atoms with E-state index in [1.54, 1.807) is 6.08 Å². The van der Waals surface area contributed by atoms with E-state index < -0.39 is 5.82 Å². The molecule has 1 aromatic rings. The van der Waals surface area contributed by atoms with Crippen LogP contribution in [0.1, 0.15) is 19.2 Å². The number of hydrogen-bond acceptors (Lipinski definition) is 2. The molecule has 0 radical (unpaired) electrons. The van der Waals surface area contributed by atoms with Crippen LogP contribution in [0.2, 0.25) is 0 Å². The Morgan fingerprint density at radius 3 is 2.64 bits per heavy atom. The van der Waals surface area contributed by atoms with Gasteiger partial charge in [0.25, 0.3) is 0 Å². The van der Waals surface area contributed by atoms with Gasteiger partial charge in [-0.25, -0.2) is 14.4 Å². The highest BCUT2D eigenvalue weighted by Crippen LogP contribution is 1.95. The molecule has 0 saturated heterocycles. The van der Waals surface area contributed by atoms with Crippen molar-refractivity contribution >= 4 is 6.08 Å². The van der Waals surface area contributed by atoms with Crippen LogP contribution in [-0.2, 0) is 0 Å². The van der Waals surface area contributed by atoms with E-state index in [1.165, 1.54) is 0 Å². The Labute approximate surface area is 64.8 Å². The minimum absolute atomic E-state index is 0.404. The highest BCUT2D eigenvalue weighted by atomic mass is 19.1. The molecule has 0 spiro atoms. The zero-order chi connectivity index (χ0) is 8.10. The summed E-state index contributed by atoms with van der Waals surface area (Å²) in [6, 6.07) is 0. The van der Waals surface area contributed by atoms with E-state index in [0.29, 0.717) is 5.82 Å². The van der Waals surface area contributed by atoms with E-state index >= 15 is 0 Å². The molecule has 0 aliphatic carbocycles. The zero-order valence-electron chi connectivity index (χ0n) is 6.29. The number of hydrogen-bond donors (Lipinski definition) is 0. The smallest absolute Gasteiger partial charge is 0.159 e. The van der Waals surface area contributed by atoms with E-state index in [1.807, 2.05) is 13.0 Å². The summed E-state index contributed by atoms with van der Waals surface area (Å²) in [5, 5.41) is 0. The SMILES string of the molecule is CCC=Cc1ncc(F)cn1. The average molecular weight is 152 g/mol. The molecule has 0 N–H and O–H groups in total. The summed E-state index contributed by atoms with van der Waals surface area (Å²) in [5.74, 6) is 0.145. The fourth-order valence-electron chi connectivity index (χ4n) is 0.632. The Morgan fingerprint density at radius 1 is 1.45 bits per heavy atom. The summed E-state index contributed by atoms with van der Waals surface area (Å²) < 4.78 is 12.3. The van der Waals surface area contributed by atoms with Gasteiger partial charge in [-0.05, 0) is 12.5 Å². The van der Waals surface area contributed by atoms with Crippen LogP contribution in [-0.4, -0.2) is 9.97 Å². The lowest BCUT2D eigenvalue weighted by atomic mass is 10.4. The Hall–Kier alpha value is -1.25. The topological polar surface area (TPSA) is 25.8 Å². The van der Waals surface area contributed by atoms with Gasteiger partial charge in [0.05, 0.1) is 12.4 Å². The summed E-state index contributed by atoms with van der Waals surface area (Å²) in [4.78, 5) is 7.49. The molecule has 11 heavy (non-hydrogen) atoms. The van der Waals surface area contributed by atoms with E-state index in [4.69, 9.17) is 0 Å². The first kappa shape index (κ1) is 7.85. The molecule has 0 aliphatic heterocycles. The van der Waals surface area contributed by atoms with Crippen LogP contribution in [0, 0.1) is 5.82 Å². The first-order valence-corrected chi connectivity index (χ1v) is 3.47. The lowest BCUT2D eigenvalue weighted by molar-refractivity contribution is 0.612. The van der Waals surface area contributed by atoms with E-state index in [2.05, 4.69) is 9.97 Å². The van der Waals surface area contributed by atoms with Gasteiger partial charge in [-0.1, -0.05) is 13.0 Å². The highest BCUT2D eigenvalue weighted by Gasteiger charge is 1.89. The molecule has 0 amide bonds. The van der Waals surface area contributed by atoms with E-state index in [0.717, 1.165) is 18.8 Å². The third-order valence-electron chi connectivity index (χ3n) is 1.14. The Balaban J connectivity index is 2.73. The van der Waals surface area contributed by atoms with Crippen molar-refractivity contribution in [3.8, 4) is 0 Å². The van der Waals surface area contributed by atoms with Crippen LogP contribution in [0.15, 0.2) is 18.5 Å². The van der Waals surface area contributed by atoms with Crippen LogP contribution in [0.4, 0.5) is 4.39 Å². The molecule has 0 aromatic carbocycles. The van der Waals surface area contributed by atoms with Gasteiger partial charge in [-0.2, -0.15) is 0 Å². The Bertz CT molecular complexity index is 241. The number of allylic oxidation sites excluding steroid dienone is 1. The molecule has 1 heterocycles. The van der Waals surface area contributed by atoms with Gasteiger partial charge in [0.15, 0.2) is 11.6 Å². The van der Waals surface area contributed by atoms with Crippen molar-refractivity contribution in [1.29, 1.82) is 0 Å². The van der Waals surface area contributed by atoms with Crippen LogP contribution >= 0.6 is 0 Å². The number of halogens is 1. The van der Waals surface area contributed by atoms with Crippen molar-refractivity contribution < 1.29 is 4.39 Å². The molecule has 0 aliphatic rings. The van der Waals surface area contributed by atoms with Crippen LogP contribution in [0.3, 0.4) is 0 Å². The largest absolute Gasteiger partial charge is 0.234 e. The maximum Gasteiger partial charge on any atom is 0.159 e. The average Bonchev–Trinajstić information content (AvgIpc) is 2.04. The summed E-state index contributed by atoms with van der Waals surface area (Å²) in [6.07, 6.45) is 6.93. The van der Waals surface area contributed by atoms with Crippen molar-refractivity contribution in [2.45, 2.75) is 13.3 Å². The molecule has 0 bridgehead atoms. The number of aromatic nitrogens is 2. The van der Waals surface area contributed by atoms with Crippen molar-refractivity contribution in [3.05, 3.63) is 30.1 Å². The monoisotopic (exact) mass is 152 g/mol. The van der Waals surface area contributed by atoms with Gasteiger partial charge in [-0.15, -0.1) is 0 Å². The summed E-state index contributed by atoms with van der Waals surface area (Å²) in [6.45, 7) is 2.01. The van der Waals surface area contributed by atoms with Crippen LogP contribution in [0.25, 0.3) is 6.08 Å². The van der Waals surface area contributed by atoms with Crippen molar-refractivity contribution in [3.63, 3.8) is 0 Å². The minimum Gasteiger partial charge on any atom is -0.234 e. The predicted molar refractivity (Wildman–Crippen MR) is 41.3 cm³/mol. The fraction of sp³-hybridized carbons (Fsp3) is 0.250. The second kappa shape index (κ2) is 3.81. The lowest BCUT2D eigenvalue weighted by Gasteiger charge is -1.89. The number of nitrogens with zero attached hydrogens (tertiary/aromatic N) is 2. The van der Waals surface area contributed by atoms with Crippen LogP contribution in [0.5, 0.6) is 0 Å². The molecule has 1 rings (SSSR count). The third-order valence-corrected chi connectivity index (χ3v) is 1.14. The quantitative estimate of drug-likeness (QED) is 0.648. The predicted octanol–water partition coefficient (Wildman–Crippen LogP) is 2.04. The van der Waals surface area contributed by atoms with Gasteiger partial charge in [-0.3, -0.25) is 0 Å². The second-order valence-electron chi connectivity index (χ2n) is 2.07. The zero-order valence-corrected chi connectivity index (χ0v) is 6.29. The molecule has 0 saturated carbocycles. The normalized spacial score (nSPS) is 10.7. The Kier molecular flexibility index (Phi) is 2.72. The fourth-order valence-corrected chi connectivity index (χ4v) is 0.632. The van der Waals surface area contributed by atoms with Gasteiger partial charge in [0.1, 0.15) is 0 Å². The first-order chi connectivity index (χ1) is 5.33. The van der Waals surface area contributed by atoms with E-state index in [9.17, 15) is 4.39 Å².